The molecule has 1 amide bonds. The second kappa shape index (κ2) is 7.50. The quantitative estimate of drug-likeness (QED) is 0.785. The Labute approximate surface area is 120 Å². The Bertz CT molecular complexity index is 463. The van der Waals surface area contributed by atoms with E-state index in [0.29, 0.717) is 13.0 Å². The fourth-order valence-electron chi connectivity index (χ4n) is 1.66. The molecular formula is C13H16ClF3N2O. The summed E-state index contributed by atoms with van der Waals surface area (Å²) in [6, 6.07) is 2.97. The van der Waals surface area contributed by atoms with Crippen molar-refractivity contribution in [1.82, 2.24) is 0 Å². The molecule has 0 aromatic heterocycles. The van der Waals surface area contributed by atoms with E-state index in [2.05, 4.69) is 5.32 Å². The molecule has 0 aliphatic heterocycles. The van der Waals surface area contributed by atoms with Crippen LogP contribution in [-0.2, 0) is 11.0 Å². The summed E-state index contributed by atoms with van der Waals surface area (Å²) in [5.74, 6) is -0.336. The fraction of sp³-hybridized carbons (Fsp3) is 0.462. The van der Waals surface area contributed by atoms with Crippen LogP contribution in [0, 0.1) is 0 Å². The van der Waals surface area contributed by atoms with Crippen LogP contribution in [0.3, 0.4) is 0 Å². The van der Waals surface area contributed by atoms with Gasteiger partial charge in [0.15, 0.2) is 0 Å². The van der Waals surface area contributed by atoms with Gasteiger partial charge in [0.2, 0.25) is 5.91 Å². The average Bonchev–Trinajstić information content (AvgIpc) is 2.33. The van der Waals surface area contributed by atoms with Crippen molar-refractivity contribution in [2.24, 2.45) is 5.73 Å². The first-order valence-electron chi connectivity index (χ1n) is 6.20. The summed E-state index contributed by atoms with van der Waals surface area (Å²) in [7, 11) is 0. The van der Waals surface area contributed by atoms with Crippen LogP contribution in [0.4, 0.5) is 18.9 Å². The lowest BCUT2D eigenvalue weighted by Crippen LogP contribution is -2.13. The van der Waals surface area contributed by atoms with Crippen molar-refractivity contribution in [2.75, 3.05) is 11.9 Å². The van der Waals surface area contributed by atoms with E-state index in [0.717, 1.165) is 25.0 Å². The van der Waals surface area contributed by atoms with Crippen molar-refractivity contribution >= 4 is 23.2 Å². The maximum atomic E-state index is 12.6. The van der Waals surface area contributed by atoms with E-state index in [9.17, 15) is 18.0 Å². The SMILES string of the molecule is NCCCCCC(=O)Nc1cc(Cl)cc(C(F)(F)F)c1. The third-order valence-corrected chi connectivity index (χ3v) is 2.84. The zero-order valence-corrected chi connectivity index (χ0v) is 11.5. The second-order valence-electron chi connectivity index (χ2n) is 4.37. The molecule has 0 bridgehead atoms. The Hall–Kier alpha value is -1.27. The Morgan fingerprint density at radius 1 is 1.20 bits per heavy atom. The van der Waals surface area contributed by atoms with Gasteiger partial charge in [0.25, 0.3) is 0 Å². The Morgan fingerprint density at radius 3 is 2.50 bits per heavy atom. The molecule has 0 fully saturated rings. The van der Waals surface area contributed by atoms with Gasteiger partial charge in [-0.3, -0.25) is 4.79 Å². The topological polar surface area (TPSA) is 55.1 Å². The number of hydrogen-bond acceptors (Lipinski definition) is 2. The van der Waals surface area contributed by atoms with Crippen molar-refractivity contribution in [3.63, 3.8) is 0 Å². The molecule has 0 radical (unpaired) electrons. The van der Waals surface area contributed by atoms with Crippen LogP contribution in [0.5, 0.6) is 0 Å². The number of carbonyl (C=O) groups is 1. The average molecular weight is 309 g/mol. The van der Waals surface area contributed by atoms with Crippen LogP contribution in [0.15, 0.2) is 18.2 Å². The highest BCUT2D eigenvalue weighted by molar-refractivity contribution is 6.31. The van der Waals surface area contributed by atoms with E-state index in [-0.39, 0.29) is 23.0 Å². The lowest BCUT2D eigenvalue weighted by Gasteiger charge is -2.11. The van der Waals surface area contributed by atoms with Gasteiger partial charge in [0.1, 0.15) is 0 Å². The van der Waals surface area contributed by atoms with E-state index < -0.39 is 11.7 Å². The van der Waals surface area contributed by atoms with Gasteiger partial charge in [-0.15, -0.1) is 0 Å². The van der Waals surface area contributed by atoms with Crippen LogP contribution >= 0.6 is 11.6 Å². The smallest absolute Gasteiger partial charge is 0.330 e. The minimum atomic E-state index is -4.49. The molecule has 3 nitrogen and oxygen atoms in total. The zero-order chi connectivity index (χ0) is 15.2. The number of anilines is 1. The maximum absolute atomic E-state index is 12.6. The molecule has 0 spiro atoms. The number of halogens is 4. The molecule has 1 rings (SSSR count). The van der Waals surface area contributed by atoms with Crippen molar-refractivity contribution in [2.45, 2.75) is 31.9 Å². The van der Waals surface area contributed by atoms with Crippen molar-refractivity contribution in [3.05, 3.63) is 28.8 Å². The first kappa shape index (κ1) is 16.8. The third kappa shape index (κ3) is 5.79. The second-order valence-corrected chi connectivity index (χ2v) is 4.81. The van der Waals surface area contributed by atoms with Gasteiger partial charge in [0, 0.05) is 17.1 Å². The van der Waals surface area contributed by atoms with Crippen LogP contribution in [0.25, 0.3) is 0 Å². The molecule has 0 saturated carbocycles. The summed E-state index contributed by atoms with van der Waals surface area (Å²) >= 11 is 5.62. The van der Waals surface area contributed by atoms with E-state index >= 15 is 0 Å². The predicted molar refractivity (Wildman–Crippen MR) is 72.6 cm³/mol. The van der Waals surface area contributed by atoms with E-state index in [1.807, 2.05) is 0 Å². The Morgan fingerprint density at radius 2 is 1.90 bits per heavy atom. The molecule has 1 aromatic carbocycles. The summed E-state index contributed by atoms with van der Waals surface area (Å²) in [5.41, 5.74) is 4.49. The van der Waals surface area contributed by atoms with Crippen LogP contribution in [-0.4, -0.2) is 12.5 Å². The lowest BCUT2D eigenvalue weighted by atomic mass is 10.1. The van der Waals surface area contributed by atoms with E-state index in [1.165, 1.54) is 6.07 Å². The third-order valence-electron chi connectivity index (χ3n) is 2.62. The molecule has 1 aromatic rings. The number of hydrogen-bond donors (Lipinski definition) is 2. The Balaban J connectivity index is 2.63. The van der Waals surface area contributed by atoms with Crippen LogP contribution in [0.2, 0.25) is 5.02 Å². The molecular weight excluding hydrogens is 293 g/mol. The van der Waals surface area contributed by atoms with Crippen molar-refractivity contribution < 1.29 is 18.0 Å². The Kier molecular flexibility index (Phi) is 6.29. The van der Waals surface area contributed by atoms with Crippen molar-refractivity contribution in [1.29, 1.82) is 0 Å². The number of nitrogens with one attached hydrogen (secondary N) is 1. The largest absolute Gasteiger partial charge is 0.416 e. The standard InChI is InChI=1S/C13H16ClF3N2O/c14-10-6-9(13(15,16)17)7-11(8-10)19-12(20)4-2-1-3-5-18/h6-8H,1-5,18H2,(H,19,20). The van der Waals surface area contributed by atoms with Crippen LogP contribution in [0.1, 0.15) is 31.2 Å². The molecule has 0 unspecified atom stereocenters. The highest BCUT2D eigenvalue weighted by Gasteiger charge is 2.31. The fourth-order valence-corrected chi connectivity index (χ4v) is 1.89. The summed E-state index contributed by atoms with van der Waals surface area (Å²) < 4.78 is 37.8. The summed E-state index contributed by atoms with van der Waals surface area (Å²) in [6.45, 7) is 0.560. The predicted octanol–water partition coefficient (Wildman–Crippen LogP) is 3.82. The summed E-state index contributed by atoms with van der Waals surface area (Å²) in [6.07, 6.45) is -1.97. The normalized spacial score (nSPS) is 11.4. The van der Waals surface area contributed by atoms with Gasteiger partial charge in [-0.1, -0.05) is 18.0 Å². The minimum Gasteiger partial charge on any atom is -0.330 e. The number of unbranched alkanes of at least 4 members (excludes halogenated alkanes) is 2. The first-order valence-corrected chi connectivity index (χ1v) is 6.58. The molecule has 112 valence electrons. The van der Waals surface area contributed by atoms with Gasteiger partial charge < -0.3 is 11.1 Å². The number of amides is 1. The number of benzene rings is 1. The first-order chi connectivity index (χ1) is 9.32. The lowest BCUT2D eigenvalue weighted by molar-refractivity contribution is -0.137. The molecule has 3 N–H and O–H groups in total. The summed E-state index contributed by atoms with van der Waals surface area (Å²) in [4.78, 5) is 11.6. The number of carbonyl (C=O) groups excluding carboxylic acids is 1. The molecule has 0 saturated heterocycles. The van der Waals surface area contributed by atoms with Gasteiger partial charge in [-0.05, 0) is 37.6 Å². The zero-order valence-electron chi connectivity index (χ0n) is 10.8. The van der Waals surface area contributed by atoms with Gasteiger partial charge >= 0.3 is 6.18 Å². The van der Waals surface area contributed by atoms with Gasteiger partial charge in [0.05, 0.1) is 5.56 Å². The number of nitrogens with two attached hydrogens (primary N) is 1. The maximum Gasteiger partial charge on any atom is 0.416 e. The van der Waals surface area contributed by atoms with Crippen molar-refractivity contribution in [3.8, 4) is 0 Å². The molecule has 0 aliphatic carbocycles. The molecule has 7 heteroatoms. The number of alkyl halides is 3. The highest BCUT2D eigenvalue weighted by atomic mass is 35.5. The minimum absolute atomic E-state index is 0.0497. The van der Waals surface area contributed by atoms with Crippen LogP contribution < -0.4 is 11.1 Å². The monoisotopic (exact) mass is 308 g/mol. The highest BCUT2D eigenvalue weighted by Crippen LogP contribution is 2.33. The molecule has 0 heterocycles. The number of rotatable bonds is 6. The molecule has 0 atom stereocenters. The van der Waals surface area contributed by atoms with E-state index in [1.54, 1.807) is 0 Å². The van der Waals surface area contributed by atoms with Gasteiger partial charge in [-0.2, -0.15) is 13.2 Å². The van der Waals surface area contributed by atoms with E-state index in [4.69, 9.17) is 17.3 Å². The summed E-state index contributed by atoms with van der Waals surface area (Å²) in [5, 5.41) is 2.35. The molecule has 20 heavy (non-hydrogen) atoms. The van der Waals surface area contributed by atoms with Gasteiger partial charge in [-0.25, -0.2) is 0 Å². The molecule has 0 aliphatic rings.